The van der Waals surface area contributed by atoms with E-state index in [0.717, 1.165) is 11.3 Å². The molecule has 1 heterocycles. The SMILES string of the molecule is CCOC(=O)c1cc(CC)sc1NC(=O)CNc1cc(C(=O)NC)ccc1Cl. The standard InChI is InChI=1S/C19H22ClN3O4S/c1-4-12-9-13(19(26)27-5-2)18(28-12)23-16(24)10-22-15-8-11(17(25)21-3)6-7-14(15)20/h6-9,22H,4-5,10H2,1-3H3,(H,21,25)(H,23,24). The molecule has 2 amide bonds. The Kier molecular flexibility index (Phi) is 7.83. The van der Waals surface area contributed by atoms with Crippen molar-refractivity contribution in [2.75, 3.05) is 30.8 Å². The highest BCUT2D eigenvalue weighted by Crippen LogP contribution is 2.29. The predicted molar refractivity (Wildman–Crippen MR) is 112 cm³/mol. The summed E-state index contributed by atoms with van der Waals surface area (Å²) in [6.07, 6.45) is 0.743. The maximum absolute atomic E-state index is 12.4. The zero-order valence-corrected chi connectivity index (χ0v) is 17.4. The van der Waals surface area contributed by atoms with Crippen LogP contribution in [0, 0.1) is 0 Å². The zero-order chi connectivity index (χ0) is 20.7. The lowest BCUT2D eigenvalue weighted by atomic mass is 10.2. The number of nitrogens with one attached hydrogen (secondary N) is 3. The van der Waals surface area contributed by atoms with Crippen LogP contribution < -0.4 is 16.0 Å². The Labute approximate surface area is 172 Å². The Hall–Kier alpha value is -2.58. The molecule has 0 aliphatic heterocycles. The number of amides is 2. The van der Waals surface area contributed by atoms with Gasteiger partial charge in [0.2, 0.25) is 5.91 Å². The summed E-state index contributed by atoms with van der Waals surface area (Å²) < 4.78 is 5.04. The fourth-order valence-corrected chi connectivity index (χ4v) is 3.55. The molecule has 0 bridgehead atoms. The van der Waals surface area contributed by atoms with Crippen LogP contribution >= 0.6 is 22.9 Å². The van der Waals surface area contributed by atoms with Crippen LogP contribution in [0.15, 0.2) is 24.3 Å². The van der Waals surface area contributed by atoms with Gasteiger partial charge in [-0.15, -0.1) is 11.3 Å². The van der Waals surface area contributed by atoms with E-state index in [4.69, 9.17) is 16.3 Å². The van der Waals surface area contributed by atoms with E-state index < -0.39 is 5.97 Å². The highest BCUT2D eigenvalue weighted by Gasteiger charge is 2.18. The molecule has 7 nitrogen and oxygen atoms in total. The third-order valence-corrected chi connectivity index (χ3v) is 5.30. The number of carbonyl (C=O) groups is 3. The smallest absolute Gasteiger partial charge is 0.341 e. The molecule has 0 unspecified atom stereocenters. The molecule has 1 aromatic heterocycles. The van der Waals surface area contributed by atoms with E-state index in [1.807, 2.05) is 6.92 Å². The van der Waals surface area contributed by atoms with Crippen LogP contribution in [0.4, 0.5) is 10.7 Å². The number of thiophene rings is 1. The molecule has 0 radical (unpaired) electrons. The molecule has 0 aliphatic carbocycles. The molecule has 1 aromatic carbocycles. The van der Waals surface area contributed by atoms with Gasteiger partial charge in [-0.05, 0) is 37.6 Å². The Bertz CT molecular complexity index is 882. The number of halogens is 1. The number of carbonyl (C=O) groups excluding carboxylic acids is 3. The normalized spacial score (nSPS) is 10.3. The van der Waals surface area contributed by atoms with Crippen LogP contribution in [-0.4, -0.2) is 38.0 Å². The number of hydrogen-bond donors (Lipinski definition) is 3. The molecular formula is C19H22ClN3O4S. The first-order chi connectivity index (χ1) is 13.4. The van der Waals surface area contributed by atoms with Gasteiger partial charge in [0.25, 0.3) is 5.91 Å². The Balaban J connectivity index is 2.08. The quantitative estimate of drug-likeness (QED) is 0.564. The van der Waals surface area contributed by atoms with Gasteiger partial charge in [0, 0.05) is 17.5 Å². The van der Waals surface area contributed by atoms with Crippen LogP contribution in [0.1, 0.15) is 39.4 Å². The number of esters is 1. The molecule has 0 spiro atoms. The van der Waals surface area contributed by atoms with Crippen molar-refractivity contribution in [2.45, 2.75) is 20.3 Å². The summed E-state index contributed by atoms with van der Waals surface area (Å²) in [6, 6.07) is 6.47. The maximum Gasteiger partial charge on any atom is 0.341 e. The van der Waals surface area contributed by atoms with Crippen molar-refractivity contribution in [3.8, 4) is 0 Å². The van der Waals surface area contributed by atoms with E-state index in [9.17, 15) is 14.4 Å². The van der Waals surface area contributed by atoms with Crippen LogP contribution in [0.2, 0.25) is 5.02 Å². The van der Waals surface area contributed by atoms with Gasteiger partial charge in [0.15, 0.2) is 0 Å². The van der Waals surface area contributed by atoms with Crippen molar-refractivity contribution in [3.63, 3.8) is 0 Å². The average Bonchev–Trinajstić information content (AvgIpc) is 3.09. The minimum absolute atomic E-state index is 0.0848. The van der Waals surface area contributed by atoms with Gasteiger partial charge in [-0.3, -0.25) is 9.59 Å². The number of rotatable bonds is 8. The molecule has 0 aliphatic rings. The second-order valence-corrected chi connectivity index (χ2v) is 7.25. The summed E-state index contributed by atoms with van der Waals surface area (Å²) in [6.45, 7) is 3.86. The van der Waals surface area contributed by atoms with Gasteiger partial charge in [-0.1, -0.05) is 18.5 Å². The van der Waals surface area contributed by atoms with E-state index in [1.54, 1.807) is 31.2 Å². The summed E-state index contributed by atoms with van der Waals surface area (Å²) in [7, 11) is 1.53. The van der Waals surface area contributed by atoms with Crippen LogP contribution in [-0.2, 0) is 16.0 Å². The summed E-state index contributed by atoms with van der Waals surface area (Å²) >= 11 is 7.46. The van der Waals surface area contributed by atoms with Crippen molar-refractivity contribution >= 4 is 51.4 Å². The fourth-order valence-electron chi connectivity index (χ4n) is 2.36. The molecule has 0 saturated heterocycles. The number of anilines is 2. The number of benzene rings is 1. The minimum Gasteiger partial charge on any atom is -0.462 e. The molecule has 2 aromatic rings. The highest BCUT2D eigenvalue weighted by atomic mass is 35.5. The van der Waals surface area contributed by atoms with E-state index in [1.165, 1.54) is 18.4 Å². The lowest BCUT2D eigenvalue weighted by Gasteiger charge is -2.11. The molecule has 0 fully saturated rings. The van der Waals surface area contributed by atoms with Gasteiger partial charge in [-0.25, -0.2) is 4.79 Å². The average molecular weight is 424 g/mol. The van der Waals surface area contributed by atoms with Crippen LogP contribution in [0.5, 0.6) is 0 Å². The van der Waals surface area contributed by atoms with Crippen LogP contribution in [0.25, 0.3) is 0 Å². The van der Waals surface area contributed by atoms with Gasteiger partial charge in [0.1, 0.15) is 5.00 Å². The first-order valence-corrected chi connectivity index (χ1v) is 9.94. The summed E-state index contributed by atoms with van der Waals surface area (Å²) in [4.78, 5) is 37.2. The molecule has 28 heavy (non-hydrogen) atoms. The first-order valence-electron chi connectivity index (χ1n) is 8.74. The van der Waals surface area contributed by atoms with E-state index in [0.29, 0.717) is 26.8 Å². The second kappa shape index (κ2) is 10.1. The van der Waals surface area contributed by atoms with Crippen molar-refractivity contribution in [1.29, 1.82) is 0 Å². The van der Waals surface area contributed by atoms with Crippen molar-refractivity contribution in [1.82, 2.24) is 5.32 Å². The minimum atomic E-state index is -0.469. The van der Waals surface area contributed by atoms with Crippen LogP contribution in [0.3, 0.4) is 0 Å². The van der Waals surface area contributed by atoms with Crippen molar-refractivity contribution in [2.24, 2.45) is 0 Å². The Morgan fingerprint density at radius 2 is 1.93 bits per heavy atom. The summed E-state index contributed by atoms with van der Waals surface area (Å²) in [5.41, 5.74) is 1.23. The Morgan fingerprint density at radius 1 is 1.18 bits per heavy atom. The second-order valence-electron chi connectivity index (χ2n) is 5.71. The molecule has 0 atom stereocenters. The number of aryl methyl sites for hydroxylation is 1. The van der Waals surface area contributed by atoms with E-state index >= 15 is 0 Å². The molecular weight excluding hydrogens is 402 g/mol. The number of ether oxygens (including phenoxy) is 1. The highest BCUT2D eigenvalue weighted by molar-refractivity contribution is 7.16. The largest absolute Gasteiger partial charge is 0.462 e. The van der Waals surface area contributed by atoms with Gasteiger partial charge in [0.05, 0.1) is 29.4 Å². The Morgan fingerprint density at radius 3 is 2.57 bits per heavy atom. The van der Waals surface area contributed by atoms with E-state index in [2.05, 4.69) is 16.0 Å². The van der Waals surface area contributed by atoms with Gasteiger partial charge >= 0.3 is 5.97 Å². The zero-order valence-electron chi connectivity index (χ0n) is 15.8. The monoisotopic (exact) mass is 423 g/mol. The van der Waals surface area contributed by atoms with E-state index in [-0.39, 0.29) is 25.0 Å². The van der Waals surface area contributed by atoms with Crippen molar-refractivity contribution in [3.05, 3.63) is 45.3 Å². The molecule has 9 heteroatoms. The van der Waals surface area contributed by atoms with Gasteiger partial charge in [-0.2, -0.15) is 0 Å². The maximum atomic E-state index is 12.4. The first kappa shape index (κ1) is 21.7. The molecule has 2 rings (SSSR count). The third kappa shape index (κ3) is 5.46. The van der Waals surface area contributed by atoms with Crippen molar-refractivity contribution < 1.29 is 19.1 Å². The lowest BCUT2D eigenvalue weighted by Crippen LogP contribution is -2.23. The lowest BCUT2D eigenvalue weighted by molar-refractivity contribution is -0.114. The molecule has 0 saturated carbocycles. The fraction of sp³-hybridized carbons (Fsp3) is 0.316. The van der Waals surface area contributed by atoms with Gasteiger partial charge < -0.3 is 20.7 Å². The summed E-state index contributed by atoms with van der Waals surface area (Å²) in [5.74, 6) is -1.08. The topological polar surface area (TPSA) is 96.5 Å². The number of hydrogen-bond acceptors (Lipinski definition) is 6. The third-order valence-electron chi connectivity index (χ3n) is 3.77. The summed E-state index contributed by atoms with van der Waals surface area (Å²) in [5, 5.41) is 9.01. The molecule has 150 valence electrons. The predicted octanol–water partition coefficient (Wildman–Crippen LogP) is 3.55. The molecule has 3 N–H and O–H groups in total.